The number of ether oxygens (including phenoxy) is 1. The molecule has 18 heavy (non-hydrogen) atoms. The Morgan fingerprint density at radius 2 is 1.89 bits per heavy atom. The Hall–Kier alpha value is -0.610. The fourth-order valence-electron chi connectivity index (χ4n) is 2.88. The van der Waals surface area contributed by atoms with Gasteiger partial charge >= 0.3 is 0 Å². The first-order valence-corrected chi connectivity index (χ1v) is 7.31. The summed E-state index contributed by atoms with van der Waals surface area (Å²) >= 11 is 0. The number of carbonyl (C=O) groups excluding carboxylic acids is 1. The minimum absolute atomic E-state index is 0.0487. The molecule has 1 saturated heterocycles. The number of carbonyl (C=O) groups is 1. The van der Waals surface area contributed by atoms with Crippen molar-refractivity contribution < 1.29 is 14.6 Å². The van der Waals surface area contributed by atoms with E-state index in [1.807, 2.05) is 0 Å². The van der Waals surface area contributed by atoms with Gasteiger partial charge in [-0.2, -0.15) is 0 Å². The van der Waals surface area contributed by atoms with Crippen LogP contribution in [0, 0.1) is 0 Å². The molecule has 0 aromatic heterocycles. The summed E-state index contributed by atoms with van der Waals surface area (Å²) in [5, 5.41) is 13.3. The van der Waals surface area contributed by atoms with E-state index in [-0.39, 0.29) is 12.0 Å². The van der Waals surface area contributed by atoms with E-state index in [2.05, 4.69) is 5.32 Å². The number of hydrogen-bond donors (Lipinski definition) is 2. The number of hydrogen-bond acceptors (Lipinski definition) is 3. The first kappa shape index (κ1) is 13.8. The maximum absolute atomic E-state index is 11.9. The van der Waals surface area contributed by atoms with Crippen molar-refractivity contribution in [1.29, 1.82) is 0 Å². The van der Waals surface area contributed by atoms with Crippen LogP contribution in [-0.2, 0) is 9.53 Å². The van der Waals surface area contributed by atoms with Gasteiger partial charge < -0.3 is 15.2 Å². The van der Waals surface area contributed by atoms with Crippen LogP contribution in [0.25, 0.3) is 0 Å². The van der Waals surface area contributed by atoms with Crippen LogP contribution in [0.3, 0.4) is 0 Å². The van der Waals surface area contributed by atoms with Crippen molar-refractivity contribution in [3.63, 3.8) is 0 Å². The maximum Gasteiger partial charge on any atom is 0.249 e. The Labute approximate surface area is 109 Å². The third kappa shape index (κ3) is 3.95. The first-order chi connectivity index (χ1) is 8.70. The van der Waals surface area contributed by atoms with Crippen LogP contribution in [0.1, 0.15) is 57.8 Å². The van der Waals surface area contributed by atoms with E-state index < -0.39 is 5.60 Å². The van der Waals surface area contributed by atoms with Crippen LogP contribution in [-0.4, -0.2) is 35.9 Å². The van der Waals surface area contributed by atoms with E-state index in [0.29, 0.717) is 13.2 Å². The Kier molecular flexibility index (Phi) is 5.01. The Bertz CT molecular complexity index is 266. The molecule has 1 amide bonds. The second kappa shape index (κ2) is 6.53. The number of nitrogens with one attached hydrogen (secondary N) is 1. The molecule has 4 heteroatoms. The number of rotatable bonds is 3. The summed E-state index contributed by atoms with van der Waals surface area (Å²) in [6, 6.07) is 0. The summed E-state index contributed by atoms with van der Waals surface area (Å²) in [5.41, 5.74) is -0.694. The molecule has 1 aliphatic heterocycles. The van der Waals surface area contributed by atoms with Gasteiger partial charge in [0.1, 0.15) is 6.10 Å². The Morgan fingerprint density at radius 3 is 2.50 bits per heavy atom. The SMILES string of the molecule is O=C(NCC1(O)CCCCCC1)C1CCCCO1. The highest BCUT2D eigenvalue weighted by molar-refractivity contribution is 5.80. The molecular weight excluding hydrogens is 230 g/mol. The third-order valence-electron chi connectivity index (χ3n) is 4.10. The first-order valence-electron chi connectivity index (χ1n) is 7.31. The van der Waals surface area contributed by atoms with E-state index in [9.17, 15) is 9.90 Å². The van der Waals surface area contributed by atoms with Gasteiger partial charge in [-0.25, -0.2) is 0 Å². The highest BCUT2D eigenvalue weighted by atomic mass is 16.5. The number of amides is 1. The lowest BCUT2D eigenvalue weighted by Gasteiger charge is -2.28. The minimum atomic E-state index is -0.694. The smallest absolute Gasteiger partial charge is 0.249 e. The van der Waals surface area contributed by atoms with Crippen molar-refractivity contribution in [2.75, 3.05) is 13.2 Å². The highest BCUT2D eigenvalue weighted by Gasteiger charge is 2.30. The fourth-order valence-corrected chi connectivity index (χ4v) is 2.88. The van der Waals surface area contributed by atoms with Crippen molar-refractivity contribution in [2.45, 2.75) is 69.5 Å². The van der Waals surface area contributed by atoms with Crippen molar-refractivity contribution in [3.05, 3.63) is 0 Å². The lowest BCUT2D eigenvalue weighted by atomic mass is 9.94. The van der Waals surface area contributed by atoms with Gasteiger partial charge in [-0.05, 0) is 32.1 Å². The van der Waals surface area contributed by atoms with Gasteiger partial charge in [-0.15, -0.1) is 0 Å². The molecule has 1 saturated carbocycles. The van der Waals surface area contributed by atoms with E-state index in [4.69, 9.17) is 4.74 Å². The second-order valence-electron chi connectivity index (χ2n) is 5.71. The molecule has 2 N–H and O–H groups in total. The Morgan fingerprint density at radius 1 is 1.17 bits per heavy atom. The van der Waals surface area contributed by atoms with Crippen LogP contribution in [0.5, 0.6) is 0 Å². The summed E-state index contributed by atoms with van der Waals surface area (Å²) in [6.07, 6.45) is 8.74. The molecule has 1 aliphatic carbocycles. The lowest BCUT2D eigenvalue weighted by Crippen LogP contribution is -2.47. The van der Waals surface area contributed by atoms with Gasteiger partial charge in [0.15, 0.2) is 0 Å². The summed E-state index contributed by atoms with van der Waals surface area (Å²) in [4.78, 5) is 11.9. The van der Waals surface area contributed by atoms with Crippen molar-refractivity contribution >= 4 is 5.91 Å². The quantitative estimate of drug-likeness (QED) is 0.755. The molecule has 1 atom stereocenters. The molecule has 0 aromatic rings. The second-order valence-corrected chi connectivity index (χ2v) is 5.71. The van der Waals surface area contributed by atoms with Gasteiger partial charge in [0, 0.05) is 13.2 Å². The zero-order chi connectivity index (χ0) is 12.8. The monoisotopic (exact) mass is 255 g/mol. The van der Waals surface area contributed by atoms with Gasteiger partial charge in [0.2, 0.25) is 5.91 Å². The summed E-state index contributed by atoms with van der Waals surface area (Å²) in [6.45, 7) is 1.06. The average Bonchev–Trinajstić information content (AvgIpc) is 2.62. The summed E-state index contributed by atoms with van der Waals surface area (Å²) in [5.74, 6) is -0.0487. The average molecular weight is 255 g/mol. The summed E-state index contributed by atoms with van der Waals surface area (Å²) in [7, 11) is 0. The normalized spacial score (nSPS) is 28.4. The molecule has 104 valence electrons. The molecule has 2 aliphatic rings. The minimum Gasteiger partial charge on any atom is -0.388 e. The molecule has 0 radical (unpaired) electrons. The summed E-state index contributed by atoms with van der Waals surface area (Å²) < 4.78 is 5.44. The van der Waals surface area contributed by atoms with Crippen LogP contribution in [0.2, 0.25) is 0 Å². The lowest BCUT2D eigenvalue weighted by molar-refractivity contribution is -0.136. The Balaban J connectivity index is 1.76. The van der Waals surface area contributed by atoms with Gasteiger partial charge in [-0.1, -0.05) is 25.7 Å². The topological polar surface area (TPSA) is 58.6 Å². The van der Waals surface area contributed by atoms with Crippen LogP contribution < -0.4 is 5.32 Å². The molecule has 2 fully saturated rings. The van der Waals surface area contributed by atoms with Crippen LogP contribution in [0.15, 0.2) is 0 Å². The predicted molar refractivity (Wildman–Crippen MR) is 69.3 cm³/mol. The van der Waals surface area contributed by atoms with Crippen LogP contribution in [0.4, 0.5) is 0 Å². The van der Waals surface area contributed by atoms with Crippen molar-refractivity contribution in [1.82, 2.24) is 5.32 Å². The molecule has 1 unspecified atom stereocenters. The van der Waals surface area contributed by atoms with E-state index >= 15 is 0 Å². The molecule has 0 bridgehead atoms. The fraction of sp³-hybridized carbons (Fsp3) is 0.929. The predicted octanol–water partition coefficient (Wildman–Crippen LogP) is 1.76. The molecule has 4 nitrogen and oxygen atoms in total. The standard InChI is InChI=1S/C14H25NO3/c16-13(12-7-3-6-10-18-12)15-11-14(17)8-4-1-2-5-9-14/h12,17H,1-11H2,(H,15,16). The molecular formula is C14H25NO3. The van der Waals surface area contributed by atoms with Crippen molar-refractivity contribution in [3.8, 4) is 0 Å². The van der Waals surface area contributed by atoms with Gasteiger partial charge in [0.25, 0.3) is 0 Å². The molecule has 0 aromatic carbocycles. The zero-order valence-electron chi connectivity index (χ0n) is 11.1. The van der Waals surface area contributed by atoms with Gasteiger partial charge in [0.05, 0.1) is 5.60 Å². The third-order valence-corrected chi connectivity index (χ3v) is 4.10. The molecule has 1 heterocycles. The van der Waals surface area contributed by atoms with Gasteiger partial charge in [-0.3, -0.25) is 4.79 Å². The van der Waals surface area contributed by atoms with E-state index in [1.54, 1.807) is 0 Å². The van der Waals surface area contributed by atoms with E-state index in [1.165, 1.54) is 12.8 Å². The molecule has 0 spiro atoms. The van der Waals surface area contributed by atoms with Crippen LogP contribution >= 0.6 is 0 Å². The maximum atomic E-state index is 11.9. The van der Waals surface area contributed by atoms with E-state index in [0.717, 1.165) is 44.9 Å². The highest BCUT2D eigenvalue weighted by Crippen LogP contribution is 2.26. The largest absolute Gasteiger partial charge is 0.388 e. The zero-order valence-corrected chi connectivity index (χ0v) is 11.1. The molecule has 2 rings (SSSR count). The van der Waals surface area contributed by atoms with Crippen molar-refractivity contribution in [2.24, 2.45) is 0 Å². The number of aliphatic hydroxyl groups is 1.